The topological polar surface area (TPSA) is 91.1 Å². The van der Waals surface area contributed by atoms with Crippen LogP contribution in [0.2, 0.25) is 0 Å². The Hall–Kier alpha value is -3.71. The molecule has 0 spiro atoms. The van der Waals surface area contributed by atoms with Gasteiger partial charge in [0.15, 0.2) is 0 Å². The van der Waals surface area contributed by atoms with Crippen molar-refractivity contribution in [2.24, 2.45) is 0 Å². The van der Waals surface area contributed by atoms with E-state index in [1.54, 1.807) is 30.3 Å². The largest absolute Gasteiger partial charge is 0.325 e. The third kappa shape index (κ3) is 5.38. The second-order valence-electron chi connectivity index (χ2n) is 7.63. The summed E-state index contributed by atoms with van der Waals surface area (Å²) < 4.78 is 0.941. The summed E-state index contributed by atoms with van der Waals surface area (Å²) in [6, 6.07) is 21.7. The van der Waals surface area contributed by atoms with E-state index in [0.29, 0.717) is 22.3 Å². The third-order valence-corrected chi connectivity index (χ3v) is 5.83. The standard InChI is InChI=1S/C26H22BrN3O3/c1-2-16-8-12-19(13-9-16)28-25(32)21-15-20-22(4-3-5-23(20)30-26(21)33)29-24(31)14-17-6-10-18(27)11-7-17/h3-13,15H,2,14H2,1H3,(H,28,32)(H,29,31)(H,30,33). The number of aromatic nitrogens is 1. The molecule has 1 aromatic heterocycles. The Bertz CT molecular complexity index is 1380. The number of hydrogen-bond donors (Lipinski definition) is 3. The number of H-pyrrole nitrogens is 1. The highest BCUT2D eigenvalue weighted by Gasteiger charge is 2.15. The molecule has 0 radical (unpaired) electrons. The van der Waals surface area contributed by atoms with Gasteiger partial charge in [-0.05, 0) is 60.0 Å². The first-order valence-corrected chi connectivity index (χ1v) is 11.3. The Morgan fingerprint density at radius 1 is 0.909 bits per heavy atom. The first-order valence-electron chi connectivity index (χ1n) is 10.5. The number of pyridine rings is 1. The van der Waals surface area contributed by atoms with Gasteiger partial charge in [-0.15, -0.1) is 0 Å². The lowest BCUT2D eigenvalue weighted by Crippen LogP contribution is -2.23. The van der Waals surface area contributed by atoms with Gasteiger partial charge in [0.2, 0.25) is 5.91 Å². The summed E-state index contributed by atoms with van der Waals surface area (Å²) in [6.07, 6.45) is 1.10. The van der Waals surface area contributed by atoms with Gasteiger partial charge in [0.25, 0.3) is 11.5 Å². The zero-order valence-corrected chi connectivity index (χ0v) is 19.5. The molecule has 0 aliphatic carbocycles. The highest BCUT2D eigenvalue weighted by Crippen LogP contribution is 2.23. The fourth-order valence-electron chi connectivity index (χ4n) is 3.51. The van der Waals surface area contributed by atoms with Crippen LogP contribution in [0.1, 0.15) is 28.4 Å². The molecule has 0 aliphatic heterocycles. The molecule has 0 aliphatic rings. The van der Waals surface area contributed by atoms with Gasteiger partial charge in [0.05, 0.1) is 17.6 Å². The number of aromatic amines is 1. The normalized spacial score (nSPS) is 10.7. The summed E-state index contributed by atoms with van der Waals surface area (Å²) in [4.78, 5) is 40.7. The second-order valence-corrected chi connectivity index (χ2v) is 8.55. The molecular weight excluding hydrogens is 482 g/mol. The van der Waals surface area contributed by atoms with Crippen LogP contribution in [-0.2, 0) is 17.6 Å². The Labute approximate surface area is 199 Å². The van der Waals surface area contributed by atoms with E-state index in [9.17, 15) is 14.4 Å². The highest BCUT2D eigenvalue weighted by molar-refractivity contribution is 9.10. The molecule has 3 N–H and O–H groups in total. The Balaban J connectivity index is 1.58. The van der Waals surface area contributed by atoms with Crippen LogP contribution in [0.3, 0.4) is 0 Å². The van der Waals surface area contributed by atoms with Gasteiger partial charge in [0.1, 0.15) is 5.56 Å². The fraction of sp³-hybridized carbons (Fsp3) is 0.115. The number of anilines is 2. The predicted molar refractivity (Wildman–Crippen MR) is 135 cm³/mol. The van der Waals surface area contributed by atoms with Crippen molar-refractivity contribution in [1.82, 2.24) is 4.98 Å². The van der Waals surface area contributed by atoms with Gasteiger partial charge < -0.3 is 15.6 Å². The zero-order valence-electron chi connectivity index (χ0n) is 17.9. The summed E-state index contributed by atoms with van der Waals surface area (Å²) in [5.74, 6) is -0.712. The molecule has 1 heterocycles. The molecule has 4 rings (SSSR count). The minimum atomic E-state index is -0.515. The van der Waals surface area contributed by atoms with Crippen molar-refractivity contribution >= 4 is 50.0 Å². The van der Waals surface area contributed by atoms with Crippen molar-refractivity contribution in [3.8, 4) is 0 Å². The number of fused-ring (bicyclic) bond motifs is 1. The molecule has 4 aromatic rings. The average molecular weight is 504 g/mol. The SMILES string of the molecule is CCc1ccc(NC(=O)c2cc3c(NC(=O)Cc4ccc(Br)cc4)cccc3[nH]c2=O)cc1. The molecule has 6 nitrogen and oxygen atoms in total. The monoisotopic (exact) mass is 503 g/mol. The summed E-state index contributed by atoms with van der Waals surface area (Å²) in [5.41, 5.74) is 3.16. The number of amides is 2. The van der Waals surface area contributed by atoms with E-state index >= 15 is 0 Å². The first-order chi connectivity index (χ1) is 15.9. The van der Waals surface area contributed by atoms with Gasteiger partial charge in [-0.25, -0.2) is 0 Å². The molecule has 33 heavy (non-hydrogen) atoms. The second kappa shape index (κ2) is 9.83. The molecule has 0 atom stereocenters. The van der Waals surface area contributed by atoms with Crippen LogP contribution in [0.4, 0.5) is 11.4 Å². The third-order valence-electron chi connectivity index (χ3n) is 5.30. The number of hydrogen-bond acceptors (Lipinski definition) is 3. The summed E-state index contributed by atoms with van der Waals surface area (Å²) >= 11 is 3.38. The summed E-state index contributed by atoms with van der Waals surface area (Å²) in [7, 11) is 0. The van der Waals surface area contributed by atoms with E-state index < -0.39 is 11.5 Å². The van der Waals surface area contributed by atoms with Gasteiger partial charge in [0, 0.05) is 15.5 Å². The minimum Gasteiger partial charge on any atom is -0.325 e. The van der Waals surface area contributed by atoms with Crippen molar-refractivity contribution in [3.05, 3.63) is 104 Å². The molecule has 7 heteroatoms. The Morgan fingerprint density at radius 2 is 1.61 bits per heavy atom. The Kier molecular flexibility index (Phi) is 6.70. The maximum Gasteiger partial charge on any atom is 0.261 e. The van der Waals surface area contributed by atoms with Crippen LogP contribution < -0.4 is 16.2 Å². The van der Waals surface area contributed by atoms with Crippen LogP contribution in [-0.4, -0.2) is 16.8 Å². The van der Waals surface area contributed by atoms with Crippen molar-refractivity contribution in [2.75, 3.05) is 10.6 Å². The van der Waals surface area contributed by atoms with Gasteiger partial charge in [-0.2, -0.15) is 0 Å². The summed E-state index contributed by atoms with van der Waals surface area (Å²) in [5, 5.41) is 6.23. The quantitative estimate of drug-likeness (QED) is 0.334. The molecule has 0 saturated heterocycles. The number of rotatable bonds is 6. The van der Waals surface area contributed by atoms with Crippen LogP contribution >= 0.6 is 15.9 Å². The van der Waals surface area contributed by atoms with Gasteiger partial charge >= 0.3 is 0 Å². The molecule has 0 unspecified atom stereocenters. The number of benzene rings is 3. The Morgan fingerprint density at radius 3 is 2.30 bits per heavy atom. The maximum atomic E-state index is 12.8. The number of carbonyl (C=O) groups excluding carboxylic acids is 2. The highest BCUT2D eigenvalue weighted by atomic mass is 79.9. The van der Waals surface area contributed by atoms with E-state index in [0.717, 1.165) is 22.0 Å². The van der Waals surface area contributed by atoms with E-state index in [2.05, 4.69) is 38.5 Å². The predicted octanol–water partition coefficient (Wildman–Crippen LogP) is 5.29. The average Bonchev–Trinajstić information content (AvgIpc) is 2.80. The molecule has 0 bridgehead atoms. The fourth-order valence-corrected chi connectivity index (χ4v) is 3.78. The van der Waals surface area contributed by atoms with Crippen molar-refractivity contribution in [1.29, 1.82) is 0 Å². The van der Waals surface area contributed by atoms with Crippen molar-refractivity contribution < 1.29 is 9.59 Å². The maximum absolute atomic E-state index is 12.8. The van der Waals surface area contributed by atoms with Crippen LogP contribution in [0.25, 0.3) is 10.9 Å². The molecule has 0 fully saturated rings. The number of aryl methyl sites for hydroxylation is 1. The lowest BCUT2D eigenvalue weighted by atomic mass is 10.1. The molecule has 166 valence electrons. The lowest BCUT2D eigenvalue weighted by Gasteiger charge is -2.11. The molecular formula is C26H22BrN3O3. The number of halogens is 1. The number of carbonyl (C=O) groups is 2. The van der Waals surface area contributed by atoms with E-state index in [1.165, 1.54) is 6.07 Å². The first kappa shape index (κ1) is 22.5. The smallest absolute Gasteiger partial charge is 0.261 e. The van der Waals surface area contributed by atoms with Crippen molar-refractivity contribution in [2.45, 2.75) is 19.8 Å². The molecule has 0 saturated carbocycles. The van der Waals surface area contributed by atoms with Crippen LogP contribution in [0.5, 0.6) is 0 Å². The molecule has 2 amide bonds. The van der Waals surface area contributed by atoms with Crippen LogP contribution in [0.15, 0.2) is 82.1 Å². The van der Waals surface area contributed by atoms with E-state index in [4.69, 9.17) is 0 Å². The number of nitrogens with one attached hydrogen (secondary N) is 3. The van der Waals surface area contributed by atoms with E-state index in [-0.39, 0.29) is 17.9 Å². The summed E-state index contributed by atoms with van der Waals surface area (Å²) in [6.45, 7) is 2.05. The van der Waals surface area contributed by atoms with Crippen molar-refractivity contribution in [3.63, 3.8) is 0 Å². The zero-order chi connectivity index (χ0) is 23.4. The molecule has 3 aromatic carbocycles. The van der Waals surface area contributed by atoms with E-state index in [1.807, 2.05) is 36.4 Å². The van der Waals surface area contributed by atoms with Crippen LogP contribution in [0, 0.1) is 0 Å². The van der Waals surface area contributed by atoms with Gasteiger partial charge in [-0.3, -0.25) is 14.4 Å². The minimum absolute atomic E-state index is 0.0309. The lowest BCUT2D eigenvalue weighted by molar-refractivity contribution is -0.115. The van der Waals surface area contributed by atoms with Gasteiger partial charge in [-0.1, -0.05) is 53.2 Å².